The van der Waals surface area contributed by atoms with Gasteiger partial charge in [-0.2, -0.15) is 8.99 Å². The van der Waals surface area contributed by atoms with E-state index in [2.05, 4.69) is 25.2 Å². The molecule has 4 heterocycles. The Kier molecular flexibility index (Phi) is 6.73. The lowest BCUT2D eigenvalue weighted by atomic mass is 10.2. The van der Waals surface area contributed by atoms with Crippen LogP contribution in [0.25, 0.3) is 16.9 Å². The van der Waals surface area contributed by atoms with E-state index in [0.29, 0.717) is 61.8 Å². The third-order valence-corrected chi connectivity index (χ3v) is 9.33. The van der Waals surface area contributed by atoms with Crippen molar-refractivity contribution in [1.29, 1.82) is 0 Å². The van der Waals surface area contributed by atoms with Crippen molar-refractivity contribution >= 4 is 32.9 Å². The van der Waals surface area contributed by atoms with Crippen molar-refractivity contribution < 1.29 is 13.2 Å². The SMILES string of the molecule is Cc1ccc(-n2nnc3c(N4CCN(C(=O)c5ccc(S(=O)(=O)N6CCCCC6)cc5)CC4)ncnc32)cc1. The molecule has 0 atom stereocenters. The number of fused-ring (bicyclic) bond motifs is 1. The van der Waals surface area contributed by atoms with Gasteiger partial charge in [-0.25, -0.2) is 18.4 Å². The average molecular weight is 547 g/mol. The Bertz CT molecular complexity index is 1590. The molecule has 0 aliphatic carbocycles. The number of carbonyl (C=O) groups is 1. The first-order valence-corrected chi connectivity index (χ1v) is 14.6. The largest absolute Gasteiger partial charge is 0.351 e. The second-order valence-corrected chi connectivity index (χ2v) is 11.9. The van der Waals surface area contributed by atoms with Gasteiger partial charge in [0.15, 0.2) is 17.0 Å². The van der Waals surface area contributed by atoms with Crippen LogP contribution in [0.4, 0.5) is 5.82 Å². The number of piperazine rings is 1. The molecular weight excluding hydrogens is 516 g/mol. The number of nitrogens with zero attached hydrogens (tertiary/aromatic N) is 8. The zero-order chi connectivity index (χ0) is 27.0. The third-order valence-electron chi connectivity index (χ3n) is 7.42. The van der Waals surface area contributed by atoms with Crippen molar-refractivity contribution in [2.24, 2.45) is 0 Å². The molecule has 2 aromatic heterocycles. The molecule has 0 radical (unpaired) electrons. The Labute approximate surface area is 227 Å². The summed E-state index contributed by atoms with van der Waals surface area (Å²) in [5, 5.41) is 8.68. The van der Waals surface area contributed by atoms with E-state index in [0.717, 1.165) is 30.5 Å². The van der Waals surface area contributed by atoms with Gasteiger partial charge in [-0.1, -0.05) is 29.3 Å². The molecule has 6 rings (SSSR count). The number of amides is 1. The normalized spacial score (nSPS) is 17.1. The molecule has 2 fully saturated rings. The zero-order valence-corrected chi connectivity index (χ0v) is 22.6. The number of hydrogen-bond donors (Lipinski definition) is 0. The molecule has 39 heavy (non-hydrogen) atoms. The van der Waals surface area contributed by atoms with E-state index in [9.17, 15) is 13.2 Å². The van der Waals surface area contributed by atoms with E-state index in [1.54, 1.807) is 33.8 Å². The van der Waals surface area contributed by atoms with Gasteiger partial charge < -0.3 is 9.80 Å². The molecule has 4 aromatic rings. The summed E-state index contributed by atoms with van der Waals surface area (Å²) in [6, 6.07) is 14.3. The number of rotatable bonds is 5. The van der Waals surface area contributed by atoms with Crippen LogP contribution in [0.5, 0.6) is 0 Å². The highest BCUT2D eigenvalue weighted by molar-refractivity contribution is 7.89. The van der Waals surface area contributed by atoms with Crippen molar-refractivity contribution in [1.82, 2.24) is 34.2 Å². The fourth-order valence-electron chi connectivity index (χ4n) is 5.16. The van der Waals surface area contributed by atoms with Gasteiger partial charge in [-0.3, -0.25) is 4.79 Å². The molecule has 12 heteroatoms. The van der Waals surface area contributed by atoms with Crippen molar-refractivity contribution in [2.75, 3.05) is 44.2 Å². The summed E-state index contributed by atoms with van der Waals surface area (Å²) < 4.78 is 29.1. The lowest BCUT2D eigenvalue weighted by molar-refractivity contribution is 0.0746. The monoisotopic (exact) mass is 546 g/mol. The molecule has 2 aromatic carbocycles. The number of aryl methyl sites for hydroxylation is 1. The lowest BCUT2D eigenvalue weighted by Gasteiger charge is -2.35. The van der Waals surface area contributed by atoms with Gasteiger partial charge in [0.05, 0.1) is 10.6 Å². The summed E-state index contributed by atoms with van der Waals surface area (Å²) in [6.07, 6.45) is 4.34. The van der Waals surface area contributed by atoms with E-state index in [4.69, 9.17) is 0 Å². The molecule has 0 N–H and O–H groups in total. The number of anilines is 1. The topological polar surface area (TPSA) is 117 Å². The summed E-state index contributed by atoms with van der Waals surface area (Å²) in [6.45, 7) is 5.30. The summed E-state index contributed by atoms with van der Waals surface area (Å²) in [5.41, 5.74) is 3.75. The number of hydrogen-bond acceptors (Lipinski definition) is 8. The highest BCUT2D eigenvalue weighted by Gasteiger charge is 2.28. The Hall–Kier alpha value is -3.90. The molecular formula is C27H30N8O3S. The minimum atomic E-state index is -3.53. The van der Waals surface area contributed by atoms with Crippen LogP contribution < -0.4 is 4.90 Å². The maximum atomic E-state index is 13.2. The molecule has 2 aliphatic heterocycles. The number of benzene rings is 2. The molecule has 2 aliphatic rings. The van der Waals surface area contributed by atoms with Gasteiger partial charge in [0.25, 0.3) is 5.91 Å². The fourth-order valence-corrected chi connectivity index (χ4v) is 6.67. The van der Waals surface area contributed by atoms with E-state index >= 15 is 0 Å². The summed E-state index contributed by atoms with van der Waals surface area (Å²) in [7, 11) is -3.53. The Balaban J connectivity index is 1.14. The van der Waals surface area contributed by atoms with Crippen molar-refractivity contribution in [2.45, 2.75) is 31.1 Å². The predicted molar refractivity (Wildman–Crippen MR) is 146 cm³/mol. The third kappa shape index (κ3) is 4.85. The molecule has 0 unspecified atom stereocenters. The predicted octanol–water partition coefficient (Wildman–Crippen LogP) is 2.66. The van der Waals surface area contributed by atoms with E-state index in [-0.39, 0.29) is 10.8 Å². The minimum Gasteiger partial charge on any atom is -0.351 e. The average Bonchev–Trinajstić information content (AvgIpc) is 3.42. The van der Waals surface area contributed by atoms with Gasteiger partial charge in [-0.15, -0.1) is 5.10 Å². The van der Waals surface area contributed by atoms with Gasteiger partial charge in [0.2, 0.25) is 10.0 Å². The Morgan fingerprint density at radius 1 is 0.821 bits per heavy atom. The summed E-state index contributed by atoms with van der Waals surface area (Å²) in [5.74, 6) is 0.576. The molecule has 0 spiro atoms. The first-order chi connectivity index (χ1) is 18.9. The maximum Gasteiger partial charge on any atom is 0.253 e. The van der Waals surface area contributed by atoms with E-state index in [1.807, 2.05) is 31.2 Å². The van der Waals surface area contributed by atoms with Gasteiger partial charge >= 0.3 is 0 Å². The number of sulfonamides is 1. The van der Waals surface area contributed by atoms with Gasteiger partial charge in [0, 0.05) is 44.8 Å². The second kappa shape index (κ2) is 10.3. The van der Waals surface area contributed by atoms with Crippen molar-refractivity contribution in [3.8, 4) is 5.69 Å². The molecule has 0 bridgehead atoms. The Morgan fingerprint density at radius 3 is 2.21 bits per heavy atom. The van der Waals surface area contributed by atoms with Crippen LogP contribution in [0.3, 0.4) is 0 Å². The molecule has 2 saturated heterocycles. The summed E-state index contributed by atoms with van der Waals surface area (Å²) >= 11 is 0. The van der Waals surface area contributed by atoms with Crippen molar-refractivity contribution in [3.63, 3.8) is 0 Å². The van der Waals surface area contributed by atoms with Crippen LogP contribution in [-0.4, -0.2) is 87.8 Å². The van der Waals surface area contributed by atoms with Crippen LogP contribution in [0.1, 0.15) is 35.2 Å². The number of piperidine rings is 1. The van der Waals surface area contributed by atoms with Crippen LogP contribution in [0.2, 0.25) is 0 Å². The molecule has 11 nitrogen and oxygen atoms in total. The maximum absolute atomic E-state index is 13.2. The molecule has 202 valence electrons. The van der Waals surface area contributed by atoms with E-state index < -0.39 is 10.0 Å². The van der Waals surface area contributed by atoms with E-state index in [1.165, 1.54) is 10.6 Å². The van der Waals surface area contributed by atoms with Crippen LogP contribution in [-0.2, 0) is 10.0 Å². The lowest BCUT2D eigenvalue weighted by Crippen LogP contribution is -2.49. The highest BCUT2D eigenvalue weighted by atomic mass is 32.2. The number of carbonyl (C=O) groups excluding carboxylic acids is 1. The fraction of sp³-hybridized carbons (Fsp3) is 0.370. The molecule has 0 saturated carbocycles. The zero-order valence-electron chi connectivity index (χ0n) is 21.8. The van der Waals surface area contributed by atoms with Crippen LogP contribution in [0, 0.1) is 6.92 Å². The smallest absolute Gasteiger partial charge is 0.253 e. The van der Waals surface area contributed by atoms with Crippen LogP contribution in [0.15, 0.2) is 59.8 Å². The standard InChI is InChI=1S/C27H30N8O3S/c1-20-5-9-22(10-6-20)35-26-24(30-31-35)25(28-19-29-26)32-15-17-33(18-16-32)27(36)21-7-11-23(12-8-21)39(37,38)34-13-3-2-4-14-34/h5-12,19H,2-4,13-18H2,1H3. The second-order valence-electron chi connectivity index (χ2n) is 9.97. The van der Waals surface area contributed by atoms with Gasteiger partial charge in [-0.05, 0) is 56.2 Å². The first kappa shape index (κ1) is 25.4. The number of aromatic nitrogens is 5. The highest BCUT2D eigenvalue weighted by Crippen LogP contribution is 2.25. The van der Waals surface area contributed by atoms with Crippen LogP contribution >= 0.6 is 0 Å². The summed E-state index contributed by atoms with van der Waals surface area (Å²) in [4.78, 5) is 26.2. The quantitative estimate of drug-likeness (QED) is 0.375. The van der Waals surface area contributed by atoms with Crippen molar-refractivity contribution in [3.05, 3.63) is 66.0 Å². The Morgan fingerprint density at radius 2 is 1.51 bits per heavy atom. The minimum absolute atomic E-state index is 0.116. The molecule has 1 amide bonds. The first-order valence-electron chi connectivity index (χ1n) is 13.2. The van der Waals surface area contributed by atoms with Gasteiger partial charge in [0.1, 0.15) is 6.33 Å².